The van der Waals surface area contributed by atoms with Crippen molar-refractivity contribution in [2.24, 2.45) is 0 Å². The summed E-state index contributed by atoms with van der Waals surface area (Å²) in [5.74, 6) is -2.34. The van der Waals surface area contributed by atoms with E-state index in [1.54, 1.807) is 0 Å². The van der Waals surface area contributed by atoms with Crippen LogP contribution in [0.1, 0.15) is 37.7 Å². The van der Waals surface area contributed by atoms with E-state index in [1.807, 2.05) is 0 Å². The van der Waals surface area contributed by atoms with Crippen molar-refractivity contribution >= 4 is 35.1 Å². The molecule has 1 aromatic rings. The van der Waals surface area contributed by atoms with Gasteiger partial charge < -0.3 is 20.1 Å². The lowest BCUT2D eigenvalue weighted by atomic mass is 9.85. The van der Waals surface area contributed by atoms with Gasteiger partial charge in [-0.2, -0.15) is 13.2 Å². The number of hydrogen-bond donors (Lipinski definition) is 2. The summed E-state index contributed by atoms with van der Waals surface area (Å²) in [5.41, 5.74) is -2.83. The number of likely N-dealkylation sites (N-methyl/N-ethyl adjacent to an activating group) is 1. The van der Waals surface area contributed by atoms with Gasteiger partial charge in [-0.25, -0.2) is 4.79 Å². The second-order valence-corrected chi connectivity index (χ2v) is 7.57. The Bertz CT molecular complexity index is 810. The van der Waals surface area contributed by atoms with Gasteiger partial charge in [-0.15, -0.1) is 0 Å². The van der Waals surface area contributed by atoms with E-state index in [-0.39, 0.29) is 18.5 Å². The Hall–Kier alpha value is -2.33. The van der Waals surface area contributed by atoms with Gasteiger partial charge in [0, 0.05) is 12.7 Å². The molecule has 11 heteroatoms. The summed E-state index contributed by atoms with van der Waals surface area (Å²) in [6, 6.07) is 2.89. The van der Waals surface area contributed by atoms with E-state index in [9.17, 15) is 32.7 Å². The lowest BCUT2D eigenvalue weighted by Crippen LogP contribution is -2.44. The topological polar surface area (TPSA) is 95.9 Å². The highest BCUT2D eigenvalue weighted by atomic mass is 35.5. The number of anilines is 1. The molecule has 0 aliphatic heterocycles. The number of carbonyl (C=O) groups excluding carboxylic acids is 3. The Morgan fingerprint density at radius 1 is 1.23 bits per heavy atom. The molecule has 0 spiro atoms. The first kappa shape index (κ1) is 23.9. The Labute approximate surface area is 176 Å². The molecular weight excluding hydrogens is 429 g/mol. The zero-order valence-corrected chi connectivity index (χ0v) is 17.0. The van der Waals surface area contributed by atoms with Crippen molar-refractivity contribution in [3.05, 3.63) is 28.8 Å². The number of rotatable bonds is 6. The van der Waals surface area contributed by atoms with E-state index in [2.05, 4.69) is 5.32 Å². The normalized spacial score (nSPS) is 15.9. The minimum atomic E-state index is -4.68. The van der Waals surface area contributed by atoms with Gasteiger partial charge in [0.25, 0.3) is 5.91 Å². The lowest BCUT2D eigenvalue weighted by Gasteiger charge is -2.29. The highest BCUT2D eigenvalue weighted by Crippen LogP contribution is 2.36. The van der Waals surface area contributed by atoms with Gasteiger partial charge in [0.05, 0.1) is 17.1 Å². The van der Waals surface area contributed by atoms with E-state index in [0.29, 0.717) is 18.9 Å². The first-order chi connectivity index (χ1) is 13.9. The number of amides is 2. The molecule has 0 heterocycles. The zero-order valence-electron chi connectivity index (χ0n) is 16.2. The minimum Gasteiger partial charge on any atom is -0.453 e. The molecular formula is C19H22ClF3N2O5. The zero-order chi connectivity index (χ0) is 22.5. The molecule has 2 N–H and O–H groups in total. The van der Waals surface area contributed by atoms with E-state index in [4.69, 9.17) is 16.3 Å². The molecule has 166 valence electrons. The fourth-order valence-corrected chi connectivity index (χ4v) is 3.26. The summed E-state index contributed by atoms with van der Waals surface area (Å²) in [6.45, 7) is -1.14. The van der Waals surface area contributed by atoms with Crippen LogP contribution in [-0.4, -0.2) is 53.6 Å². The summed E-state index contributed by atoms with van der Waals surface area (Å²) < 4.78 is 43.5. The van der Waals surface area contributed by atoms with E-state index >= 15 is 0 Å². The monoisotopic (exact) mass is 450 g/mol. The molecule has 2 rings (SSSR count). The number of halogens is 4. The minimum absolute atomic E-state index is 0.136. The average Bonchev–Trinajstić information content (AvgIpc) is 2.66. The van der Waals surface area contributed by atoms with Crippen molar-refractivity contribution in [2.75, 3.05) is 25.5 Å². The molecule has 0 saturated heterocycles. The summed E-state index contributed by atoms with van der Waals surface area (Å²) in [5, 5.41) is 12.0. The van der Waals surface area contributed by atoms with E-state index in [1.165, 1.54) is 13.1 Å². The SMILES string of the molecule is CN(CC(=O)Nc1ccc(Cl)c(C(F)(F)F)c1)C(=O)COC(=O)C1(O)CCCCC1. The maximum Gasteiger partial charge on any atom is 0.417 e. The van der Waals surface area contributed by atoms with Crippen LogP contribution in [0.5, 0.6) is 0 Å². The largest absolute Gasteiger partial charge is 0.453 e. The number of nitrogens with zero attached hydrogens (tertiary/aromatic N) is 1. The van der Waals surface area contributed by atoms with Crippen LogP contribution in [0.3, 0.4) is 0 Å². The first-order valence-corrected chi connectivity index (χ1v) is 9.60. The van der Waals surface area contributed by atoms with Crippen LogP contribution in [0.15, 0.2) is 18.2 Å². The van der Waals surface area contributed by atoms with Gasteiger partial charge >= 0.3 is 12.1 Å². The van der Waals surface area contributed by atoms with Crippen molar-refractivity contribution in [2.45, 2.75) is 43.9 Å². The molecule has 7 nitrogen and oxygen atoms in total. The van der Waals surface area contributed by atoms with E-state index in [0.717, 1.165) is 17.4 Å². The molecule has 0 unspecified atom stereocenters. The van der Waals surface area contributed by atoms with Crippen LogP contribution in [-0.2, 0) is 25.3 Å². The highest BCUT2D eigenvalue weighted by molar-refractivity contribution is 6.31. The van der Waals surface area contributed by atoms with Crippen LogP contribution in [0.25, 0.3) is 0 Å². The van der Waals surface area contributed by atoms with Gasteiger partial charge in [-0.1, -0.05) is 18.0 Å². The van der Waals surface area contributed by atoms with Crippen LogP contribution in [0, 0.1) is 0 Å². The van der Waals surface area contributed by atoms with E-state index < -0.39 is 53.3 Å². The molecule has 30 heavy (non-hydrogen) atoms. The van der Waals surface area contributed by atoms with Crippen LogP contribution in [0.4, 0.5) is 18.9 Å². The summed E-state index contributed by atoms with van der Waals surface area (Å²) in [7, 11) is 1.27. The standard InChI is InChI=1S/C19H22ClF3N2O5/c1-25(16(27)11-30-17(28)18(29)7-3-2-4-8-18)10-15(26)24-12-5-6-14(20)13(9-12)19(21,22)23/h5-6,9,29H,2-4,7-8,10-11H2,1H3,(H,24,26). The van der Waals surface area contributed by atoms with Gasteiger partial charge in [-0.3, -0.25) is 9.59 Å². The molecule has 1 aliphatic carbocycles. The van der Waals surface area contributed by atoms with Crippen LogP contribution >= 0.6 is 11.6 Å². The van der Waals surface area contributed by atoms with Gasteiger partial charge in [0.1, 0.15) is 0 Å². The third-order valence-electron chi connectivity index (χ3n) is 4.75. The summed E-state index contributed by atoms with van der Waals surface area (Å²) in [4.78, 5) is 37.1. The fraction of sp³-hybridized carbons (Fsp3) is 0.526. The molecule has 1 aliphatic rings. The van der Waals surface area contributed by atoms with Crippen molar-refractivity contribution in [1.82, 2.24) is 4.90 Å². The molecule has 1 aromatic carbocycles. The predicted octanol–water partition coefficient (Wildman–Crippen LogP) is 2.99. The number of carbonyl (C=O) groups is 3. The average molecular weight is 451 g/mol. The molecule has 2 amide bonds. The highest BCUT2D eigenvalue weighted by Gasteiger charge is 2.39. The second-order valence-electron chi connectivity index (χ2n) is 7.16. The van der Waals surface area contributed by atoms with Crippen molar-refractivity contribution in [1.29, 1.82) is 0 Å². The van der Waals surface area contributed by atoms with Gasteiger partial charge in [-0.05, 0) is 43.9 Å². The van der Waals surface area contributed by atoms with Crippen LogP contribution < -0.4 is 5.32 Å². The molecule has 0 atom stereocenters. The third kappa shape index (κ3) is 6.33. The number of esters is 1. The number of nitrogens with one attached hydrogen (secondary N) is 1. The number of alkyl halides is 3. The van der Waals surface area contributed by atoms with Crippen LogP contribution in [0.2, 0.25) is 5.02 Å². The summed E-state index contributed by atoms with van der Waals surface area (Å²) in [6.07, 6.45) is -1.89. The van der Waals surface area contributed by atoms with Gasteiger partial charge in [0.15, 0.2) is 12.2 Å². The van der Waals surface area contributed by atoms with Crippen molar-refractivity contribution in [3.8, 4) is 0 Å². The first-order valence-electron chi connectivity index (χ1n) is 9.22. The maximum atomic E-state index is 12.9. The van der Waals surface area contributed by atoms with Crippen molar-refractivity contribution in [3.63, 3.8) is 0 Å². The molecule has 1 saturated carbocycles. The lowest BCUT2D eigenvalue weighted by molar-refractivity contribution is -0.172. The Morgan fingerprint density at radius 2 is 1.87 bits per heavy atom. The Balaban J connectivity index is 1.86. The predicted molar refractivity (Wildman–Crippen MR) is 102 cm³/mol. The number of benzene rings is 1. The second kappa shape index (κ2) is 9.65. The van der Waals surface area contributed by atoms with Crippen molar-refractivity contribution < 1.29 is 37.4 Å². The molecule has 0 aromatic heterocycles. The molecule has 0 radical (unpaired) electrons. The fourth-order valence-electron chi connectivity index (χ4n) is 3.04. The Kier molecular flexibility index (Phi) is 7.70. The quantitative estimate of drug-likeness (QED) is 0.649. The number of ether oxygens (including phenoxy) is 1. The number of aliphatic hydroxyl groups is 1. The smallest absolute Gasteiger partial charge is 0.417 e. The molecule has 1 fully saturated rings. The maximum absolute atomic E-state index is 12.9. The van der Waals surface area contributed by atoms with Gasteiger partial charge in [0.2, 0.25) is 5.91 Å². The third-order valence-corrected chi connectivity index (χ3v) is 5.08. The number of hydrogen-bond acceptors (Lipinski definition) is 5. The Morgan fingerprint density at radius 3 is 2.47 bits per heavy atom. The molecule has 0 bridgehead atoms. The summed E-state index contributed by atoms with van der Waals surface area (Å²) >= 11 is 5.52.